The van der Waals surface area contributed by atoms with E-state index in [1.54, 1.807) is 18.0 Å². The van der Waals surface area contributed by atoms with Gasteiger partial charge in [-0.05, 0) is 31.9 Å². The van der Waals surface area contributed by atoms with Crippen LogP contribution in [0.2, 0.25) is 0 Å². The van der Waals surface area contributed by atoms with E-state index < -0.39 is 6.10 Å². The average Bonchev–Trinajstić information content (AvgIpc) is 2.88. The van der Waals surface area contributed by atoms with Crippen LogP contribution in [0.4, 0.5) is 5.69 Å². The van der Waals surface area contributed by atoms with Gasteiger partial charge in [-0.25, -0.2) is 4.98 Å². The zero-order valence-electron chi connectivity index (χ0n) is 10.3. The molecule has 18 heavy (non-hydrogen) atoms. The van der Waals surface area contributed by atoms with E-state index in [0.717, 1.165) is 25.1 Å². The largest absolute Gasteiger partial charge is 0.463 e. The number of pyridine rings is 1. The minimum Gasteiger partial charge on any atom is -0.463 e. The predicted octanol–water partition coefficient (Wildman–Crippen LogP) is 1.37. The maximum Gasteiger partial charge on any atom is 0.268 e. The summed E-state index contributed by atoms with van der Waals surface area (Å²) in [6.45, 7) is 3.13. The number of fused-ring (bicyclic) bond motifs is 1. The van der Waals surface area contributed by atoms with Crippen LogP contribution in [0, 0.1) is 0 Å². The van der Waals surface area contributed by atoms with E-state index in [-0.39, 0.29) is 12.0 Å². The zero-order valence-corrected chi connectivity index (χ0v) is 10.3. The maximum absolute atomic E-state index is 12.2. The van der Waals surface area contributed by atoms with Gasteiger partial charge < -0.3 is 14.4 Å². The topological polar surface area (TPSA) is 51.7 Å². The van der Waals surface area contributed by atoms with Gasteiger partial charge in [0.25, 0.3) is 5.91 Å². The molecule has 0 aromatic carbocycles. The highest BCUT2D eigenvalue weighted by Crippen LogP contribution is 2.32. The van der Waals surface area contributed by atoms with Crippen LogP contribution in [0.25, 0.3) is 0 Å². The van der Waals surface area contributed by atoms with Crippen molar-refractivity contribution in [2.75, 3.05) is 18.1 Å². The molecule has 0 radical (unpaired) electrons. The van der Waals surface area contributed by atoms with Crippen molar-refractivity contribution in [3.05, 3.63) is 18.3 Å². The number of carbonyl (C=O) groups is 1. The molecular formula is C13H16N2O3. The molecule has 0 saturated carbocycles. The number of nitrogens with zero attached hydrogens (tertiary/aromatic N) is 2. The van der Waals surface area contributed by atoms with Crippen LogP contribution < -0.4 is 9.64 Å². The second-order valence-electron chi connectivity index (χ2n) is 4.67. The van der Waals surface area contributed by atoms with E-state index >= 15 is 0 Å². The van der Waals surface area contributed by atoms with Crippen LogP contribution in [0.3, 0.4) is 0 Å². The maximum atomic E-state index is 12.2. The molecule has 2 atom stereocenters. The lowest BCUT2D eigenvalue weighted by Gasteiger charge is -2.33. The van der Waals surface area contributed by atoms with Crippen LogP contribution in [0.15, 0.2) is 18.3 Å². The second-order valence-corrected chi connectivity index (χ2v) is 4.67. The molecular weight excluding hydrogens is 232 g/mol. The van der Waals surface area contributed by atoms with Crippen molar-refractivity contribution in [3.63, 3.8) is 0 Å². The molecule has 5 heteroatoms. The molecule has 2 unspecified atom stereocenters. The number of anilines is 1. The molecule has 0 aliphatic carbocycles. The fraction of sp³-hybridized carbons (Fsp3) is 0.538. The zero-order chi connectivity index (χ0) is 12.5. The Labute approximate surface area is 106 Å². The number of hydrogen-bond donors (Lipinski definition) is 0. The highest BCUT2D eigenvalue weighted by atomic mass is 16.5. The monoisotopic (exact) mass is 248 g/mol. The Morgan fingerprint density at radius 2 is 2.44 bits per heavy atom. The number of amides is 1. The molecule has 96 valence electrons. The Morgan fingerprint density at radius 1 is 1.56 bits per heavy atom. The van der Waals surface area contributed by atoms with Crippen LogP contribution in [0.1, 0.15) is 19.8 Å². The molecule has 1 saturated heterocycles. The van der Waals surface area contributed by atoms with Crippen molar-refractivity contribution in [1.29, 1.82) is 0 Å². The first-order valence-corrected chi connectivity index (χ1v) is 6.30. The first-order chi connectivity index (χ1) is 8.75. The van der Waals surface area contributed by atoms with Crippen LogP contribution in [0.5, 0.6) is 5.88 Å². The standard InChI is InChI=1S/C13H16N2O3/c1-9-13(16)15(8-10-4-3-7-17-10)11-5-2-6-14-12(11)18-9/h2,5-6,9-10H,3-4,7-8H2,1H3. The molecule has 2 aliphatic heterocycles. The molecule has 3 rings (SSSR count). The van der Waals surface area contributed by atoms with Crippen molar-refractivity contribution in [2.45, 2.75) is 32.0 Å². The van der Waals surface area contributed by atoms with Gasteiger partial charge in [-0.2, -0.15) is 0 Å². The van der Waals surface area contributed by atoms with E-state index in [2.05, 4.69) is 4.98 Å². The molecule has 1 aromatic rings. The van der Waals surface area contributed by atoms with Crippen LogP contribution in [-0.2, 0) is 9.53 Å². The quantitative estimate of drug-likeness (QED) is 0.793. The normalized spacial score (nSPS) is 26.9. The molecule has 1 aromatic heterocycles. The minimum atomic E-state index is -0.478. The first kappa shape index (κ1) is 11.5. The minimum absolute atomic E-state index is 0.0222. The van der Waals surface area contributed by atoms with Gasteiger partial charge in [-0.15, -0.1) is 0 Å². The summed E-state index contributed by atoms with van der Waals surface area (Å²) >= 11 is 0. The van der Waals surface area contributed by atoms with Gasteiger partial charge in [0.05, 0.1) is 12.6 Å². The predicted molar refractivity (Wildman–Crippen MR) is 65.7 cm³/mol. The van der Waals surface area contributed by atoms with E-state index in [1.807, 2.05) is 12.1 Å². The van der Waals surface area contributed by atoms with Gasteiger partial charge in [0.2, 0.25) is 5.88 Å². The Morgan fingerprint density at radius 3 is 3.22 bits per heavy atom. The third-order valence-electron chi connectivity index (χ3n) is 3.35. The van der Waals surface area contributed by atoms with Crippen LogP contribution in [-0.4, -0.2) is 36.3 Å². The molecule has 0 bridgehead atoms. The summed E-state index contributed by atoms with van der Waals surface area (Å²) in [7, 11) is 0. The Hall–Kier alpha value is -1.62. The van der Waals surface area contributed by atoms with Crippen molar-refractivity contribution < 1.29 is 14.3 Å². The van der Waals surface area contributed by atoms with Gasteiger partial charge in [-0.3, -0.25) is 4.79 Å². The second kappa shape index (κ2) is 4.57. The average molecular weight is 248 g/mol. The number of aromatic nitrogens is 1. The number of hydrogen-bond acceptors (Lipinski definition) is 4. The molecule has 0 spiro atoms. The highest BCUT2D eigenvalue weighted by molar-refractivity contribution is 5.99. The summed E-state index contributed by atoms with van der Waals surface area (Å²) in [6, 6.07) is 3.68. The van der Waals surface area contributed by atoms with Crippen molar-refractivity contribution >= 4 is 11.6 Å². The van der Waals surface area contributed by atoms with Crippen molar-refractivity contribution in [2.24, 2.45) is 0 Å². The van der Waals surface area contributed by atoms with Crippen LogP contribution >= 0.6 is 0 Å². The van der Waals surface area contributed by atoms with Crippen molar-refractivity contribution in [3.8, 4) is 5.88 Å². The summed E-state index contributed by atoms with van der Waals surface area (Å²) in [4.78, 5) is 18.1. The molecule has 3 heterocycles. The fourth-order valence-electron chi connectivity index (χ4n) is 2.41. The third-order valence-corrected chi connectivity index (χ3v) is 3.35. The summed E-state index contributed by atoms with van der Waals surface area (Å²) in [5.74, 6) is 0.508. The van der Waals surface area contributed by atoms with E-state index in [4.69, 9.17) is 9.47 Å². The summed E-state index contributed by atoms with van der Waals surface area (Å²) in [5, 5.41) is 0. The van der Waals surface area contributed by atoms with Gasteiger partial charge in [0, 0.05) is 12.8 Å². The van der Waals surface area contributed by atoms with E-state index in [1.165, 1.54) is 0 Å². The number of ether oxygens (including phenoxy) is 2. The van der Waals surface area contributed by atoms with Gasteiger partial charge in [0.1, 0.15) is 5.69 Å². The molecule has 1 fully saturated rings. The molecule has 2 aliphatic rings. The lowest BCUT2D eigenvalue weighted by Crippen LogP contribution is -2.47. The van der Waals surface area contributed by atoms with E-state index in [9.17, 15) is 4.79 Å². The highest BCUT2D eigenvalue weighted by Gasteiger charge is 2.34. The molecule has 5 nitrogen and oxygen atoms in total. The Balaban J connectivity index is 1.88. The molecule has 1 amide bonds. The lowest BCUT2D eigenvalue weighted by molar-refractivity contribution is -0.126. The van der Waals surface area contributed by atoms with E-state index in [0.29, 0.717) is 12.4 Å². The summed E-state index contributed by atoms with van der Waals surface area (Å²) < 4.78 is 11.1. The smallest absolute Gasteiger partial charge is 0.268 e. The van der Waals surface area contributed by atoms with Gasteiger partial charge in [-0.1, -0.05) is 0 Å². The van der Waals surface area contributed by atoms with Gasteiger partial charge >= 0.3 is 0 Å². The summed E-state index contributed by atoms with van der Waals surface area (Å²) in [6.07, 6.45) is 3.40. The summed E-state index contributed by atoms with van der Waals surface area (Å²) in [5.41, 5.74) is 0.746. The SMILES string of the molecule is CC1Oc2ncccc2N(CC2CCCO2)C1=O. The lowest BCUT2D eigenvalue weighted by atomic mass is 10.2. The first-order valence-electron chi connectivity index (χ1n) is 6.30. The fourth-order valence-corrected chi connectivity index (χ4v) is 2.41. The third kappa shape index (κ3) is 1.95. The van der Waals surface area contributed by atoms with Crippen molar-refractivity contribution in [1.82, 2.24) is 4.98 Å². The Kier molecular flexibility index (Phi) is 2.91. The molecule has 0 N–H and O–H groups in total. The van der Waals surface area contributed by atoms with Gasteiger partial charge in [0.15, 0.2) is 6.10 Å². The number of carbonyl (C=O) groups excluding carboxylic acids is 1. The Bertz CT molecular complexity index is 457. The number of rotatable bonds is 2.